The number of rotatable bonds is 5. The first-order valence-electron chi connectivity index (χ1n) is 8.34. The Hall–Kier alpha value is -2.27. The molecule has 0 amide bonds. The fourth-order valence-electron chi connectivity index (χ4n) is 2.24. The Morgan fingerprint density at radius 2 is 1.60 bits per heavy atom. The summed E-state index contributed by atoms with van der Waals surface area (Å²) in [4.78, 5) is 0. The maximum atomic E-state index is 9.52. The summed E-state index contributed by atoms with van der Waals surface area (Å²) in [7, 11) is -0.276. The van der Waals surface area contributed by atoms with Gasteiger partial charge in [-0.15, -0.1) is 0 Å². The van der Waals surface area contributed by atoms with Gasteiger partial charge in [-0.25, -0.2) is 0 Å². The highest BCUT2D eigenvalue weighted by Gasteiger charge is 2.38. The minimum absolute atomic E-state index is 0.140. The molecule has 0 aliphatic rings. The van der Waals surface area contributed by atoms with Crippen molar-refractivity contribution < 1.29 is 14.4 Å². The molecule has 0 saturated carbocycles. The minimum atomic E-state index is -1.88. The zero-order valence-electron chi connectivity index (χ0n) is 15.8. The average Bonchev–Trinajstić information content (AvgIpc) is 2.56. The summed E-state index contributed by atoms with van der Waals surface area (Å²) in [6, 6.07) is 15.1. The molecule has 2 aromatic rings. The summed E-state index contributed by atoms with van der Waals surface area (Å²) >= 11 is 0. The highest BCUT2D eigenvalue weighted by Crippen LogP contribution is 2.37. The predicted octanol–water partition coefficient (Wildman–Crippen LogP) is 5.31. The van der Waals surface area contributed by atoms with Gasteiger partial charge in [-0.3, -0.25) is 0 Å². The molecule has 5 heteroatoms. The van der Waals surface area contributed by atoms with Gasteiger partial charge in [0.2, 0.25) is 8.32 Å². The van der Waals surface area contributed by atoms with Crippen molar-refractivity contribution in [2.24, 2.45) is 5.16 Å². The fourth-order valence-corrected chi connectivity index (χ4v) is 3.27. The van der Waals surface area contributed by atoms with Gasteiger partial charge < -0.3 is 14.4 Å². The van der Waals surface area contributed by atoms with Gasteiger partial charge >= 0.3 is 0 Å². The van der Waals surface area contributed by atoms with Gasteiger partial charge in [0.15, 0.2) is 0 Å². The fraction of sp³-hybridized carbons (Fsp3) is 0.350. The summed E-state index contributed by atoms with van der Waals surface area (Å²) in [5, 5.41) is 13.1. The average molecular weight is 358 g/mol. The third kappa shape index (κ3) is 4.23. The van der Waals surface area contributed by atoms with Crippen LogP contribution in [0.3, 0.4) is 0 Å². The van der Waals surface area contributed by atoms with Crippen molar-refractivity contribution in [3.8, 4) is 11.5 Å². The number of hydrogen-bond acceptors (Lipinski definition) is 4. The summed E-state index contributed by atoms with van der Waals surface area (Å²) in [5.74, 6) is 1.50. The Morgan fingerprint density at radius 3 is 2.12 bits per heavy atom. The second-order valence-electron chi connectivity index (χ2n) is 7.54. The molecule has 134 valence electrons. The number of oxime groups is 1. The quantitative estimate of drug-likeness (QED) is 0.342. The van der Waals surface area contributed by atoms with Crippen LogP contribution in [-0.2, 0) is 0 Å². The van der Waals surface area contributed by atoms with Gasteiger partial charge in [0.1, 0.15) is 17.2 Å². The molecule has 0 saturated heterocycles. The van der Waals surface area contributed by atoms with Gasteiger partial charge in [0, 0.05) is 11.1 Å². The van der Waals surface area contributed by atoms with E-state index in [0.29, 0.717) is 11.5 Å². The first-order chi connectivity index (χ1) is 11.7. The van der Waals surface area contributed by atoms with Gasteiger partial charge in [-0.05, 0) is 54.5 Å². The van der Waals surface area contributed by atoms with E-state index in [0.717, 1.165) is 16.9 Å². The molecule has 1 N–H and O–H groups in total. The van der Waals surface area contributed by atoms with Crippen LogP contribution in [0.5, 0.6) is 11.5 Å². The van der Waals surface area contributed by atoms with E-state index in [1.165, 1.54) is 0 Å². The highest BCUT2D eigenvalue weighted by atomic mass is 28.4. The number of para-hydroxylation sites is 1. The maximum absolute atomic E-state index is 9.52. The molecule has 0 aliphatic heterocycles. The normalized spacial score (nSPS) is 12.8. The van der Waals surface area contributed by atoms with Crippen LogP contribution in [0.2, 0.25) is 18.1 Å². The molecular formula is C20H27NO3Si. The lowest BCUT2D eigenvalue weighted by molar-refractivity contribution is 0.319. The van der Waals surface area contributed by atoms with Crippen LogP contribution in [0.4, 0.5) is 0 Å². The molecule has 0 aromatic heterocycles. The Kier molecular flexibility index (Phi) is 5.57. The van der Waals surface area contributed by atoms with Crippen LogP contribution >= 0.6 is 0 Å². The third-order valence-corrected chi connectivity index (χ3v) is 9.13. The van der Waals surface area contributed by atoms with Crippen LogP contribution in [-0.4, -0.2) is 26.3 Å². The second-order valence-corrected chi connectivity index (χ2v) is 12.3. The van der Waals surface area contributed by atoms with Crippen molar-refractivity contribution in [1.82, 2.24) is 0 Å². The van der Waals surface area contributed by atoms with Crippen LogP contribution in [0, 0.1) is 0 Å². The summed E-state index contributed by atoms with van der Waals surface area (Å²) in [5.41, 5.74) is 2.01. The number of ether oxygens (including phenoxy) is 1. The predicted molar refractivity (Wildman–Crippen MR) is 105 cm³/mol. The molecule has 0 unspecified atom stereocenters. The van der Waals surface area contributed by atoms with Crippen LogP contribution in [0.25, 0.3) is 0 Å². The first-order valence-corrected chi connectivity index (χ1v) is 11.3. The molecule has 2 rings (SSSR count). The van der Waals surface area contributed by atoms with Crippen LogP contribution < -0.4 is 9.16 Å². The molecular weight excluding hydrogens is 330 g/mol. The third-order valence-electron chi connectivity index (χ3n) is 4.77. The monoisotopic (exact) mass is 357 g/mol. The lowest BCUT2D eigenvalue weighted by atomic mass is 10.0. The van der Waals surface area contributed by atoms with Crippen LogP contribution in [0.15, 0.2) is 53.7 Å². The van der Waals surface area contributed by atoms with Crippen molar-refractivity contribution in [1.29, 1.82) is 0 Å². The number of hydrogen-bond donors (Lipinski definition) is 1. The van der Waals surface area contributed by atoms with E-state index in [-0.39, 0.29) is 5.04 Å². The van der Waals surface area contributed by atoms with Crippen molar-refractivity contribution in [2.45, 2.75) is 38.9 Å². The lowest BCUT2D eigenvalue weighted by Crippen LogP contribution is -2.43. The van der Waals surface area contributed by atoms with Gasteiger partial charge in [0.05, 0.1) is 7.11 Å². The molecule has 0 heterocycles. The van der Waals surface area contributed by atoms with E-state index in [4.69, 9.17) is 9.16 Å². The Morgan fingerprint density at radius 1 is 1.00 bits per heavy atom. The Bertz CT molecular complexity index is 746. The number of nitrogens with zero attached hydrogens (tertiary/aromatic N) is 1. The second kappa shape index (κ2) is 7.31. The van der Waals surface area contributed by atoms with E-state index in [2.05, 4.69) is 39.0 Å². The number of methoxy groups -OCH3 is 1. The maximum Gasteiger partial charge on any atom is 0.250 e. The summed E-state index contributed by atoms with van der Waals surface area (Å²) < 4.78 is 11.7. The standard InChI is InChI=1S/C20H27NO3Si/c1-20(2,3)25(5,6)24-16-13-11-15(12-14-16)19(21-22)17-9-7-8-10-18(17)23-4/h7-14,22H,1-6H3. The largest absolute Gasteiger partial charge is 0.544 e. The summed E-state index contributed by atoms with van der Waals surface area (Å²) in [6.07, 6.45) is 0. The van der Waals surface area contributed by atoms with E-state index >= 15 is 0 Å². The SMILES string of the molecule is COc1ccccc1C(=NO)c1ccc(O[Si](C)(C)C(C)(C)C)cc1. The molecule has 2 aromatic carbocycles. The zero-order valence-corrected chi connectivity index (χ0v) is 16.8. The molecule has 0 aliphatic carbocycles. The van der Waals surface area contributed by atoms with E-state index < -0.39 is 8.32 Å². The van der Waals surface area contributed by atoms with Crippen molar-refractivity contribution in [3.05, 3.63) is 59.7 Å². The summed E-state index contributed by atoms with van der Waals surface area (Å²) in [6.45, 7) is 11.1. The lowest BCUT2D eigenvalue weighted by Gasteiger charge is -2.36. The van der Waals surface area contributed by atoms with Crippen molar-refractivity contribution in [2.75, 3.05) is 7.11 Å². The smallest absolute Gasteiger partial charge is 0.250 e. The van der Waals surface area contributed by atoms with Crippen molar-refractivity contribution in [3.63, 3.8) is 0 Å². The number of benzene rings is 2. The zero-order chi connectivity index (χ0) is 18.7. The van der Waals surface area contributed by atoms with Gasteiger partial charge in [-0.1, -0.05) is 38.1 Å². The molecule has 25 heavy (non-hydrogen) atoms. The molecule has 0 atom stereocenters. The van der Waals surface area contributed by atoms with E-state index in [1.54, 1.807) is 7.11 Å². The van der Waals surface area contributed by atoms with Crippen LogP contribution in [0.1, 0.15) is 31.9 Å². The minimum Gasteiger partial charge on any atom is -0.544 e. The first kappa shape index (κ1) is 19.1. The Labute approximate surface area is 151 Å². The molecule has 4 nitrogen and oxygen atoms in total. The van der Waals surface area contributed by atoms with E-state index in [1.807, 2.05) is 48.5 Å². The molecule has 0 bridgehead atoms. The highest BCUT2D eigenvalue weighted by molar-refractivity contribution is 6.74. The van der Waals surface area contributed by atoms with E-state index in [9.17, 15) is 5.21 Å². The topological polar surface area (TPSA) is 51.0 Å². The molecule has 0 spiro atoms. The molecule has 0 fully saturated rings. The van der Waals surface area contributed by atoms with Gasteiger partial charge in [0.25, 0.3) is 0 Å². The van der Waals surface area contributed by atoms with Gasteiger partial charge in [-0.2, -0.15) is 0 Å². The molecule has 0 radical (unpaired) electrons. The van der Waals surface area contributed by atoms with Crippen molar-refractivity contribution >= 4 is 14.0 Å². The Balaban J connectivity index is 2.30.